The summed E-state index contributed by atoms with van der Waals surface area (Å²) >= 11 is 0. The zero-order valence-electron chi connectivity index (χ0n) is 16.2. The van der Waals surface area contributed by atoms with E-state index in [2.05, 4.69) is 78.8 Å². The van der Waals surface area contributed by atoms with Gasteiger partial charge in [-0.15, -0.1) is 0 Å². The SMILES string of the molecule is C=C(c1ccccc1)c1ccc2[nH]c3ccc(C(=C)c4ccccc4)cc3c2c1. The minimum atomic E-state index is 1.03. The Morgan fingerprint density at radius 3 is 1.31 bits per heavy atom. The highest BCUT2D eigenvalue weighted by Crippen LogP contribution is 2.32. The first-order chi connectivity index (χ1) is 14.2. The Morgan fingerprint density at radius 1 is 0.483 bits per heavy atom. The highest BCUT2D eigenvalue weighted by molar-refractivity contribution is 6.09. The summed E-state index contributed by atoms with van der Waals surface area (Å²) in [6, 6.07) is 33.7. The molecule has 1 aromatic heterocycles. The maximum atomic E-state index is 4.33. The summed E-state index contributed by atoms with van der Waals surface area (Å²) in [5.74, 6) is 0. The third kappa shape index (κ3) is 3.07. The van der Waals surface area contributed by atoms with E-state index in [1.165, 1.54) is 10.8 Å². The van der Waals surface area contributed by atoms with Crippen molar-refractivity contribution in [2.75, 3.05) is 0 Å². The molecule has 1 heterocycles. The number of rotatable bonds is 4. The average molecular weight is 371 g/mol. The number of H-pyrrole nitrogens is 1. The predicted octanol–water partition coefficient (Wildman–Crippen LogP) is 7.44. The first-order valence-electron chi connectivity index (χ1n) is 9.75. The molecule has 138 valence electrons. The lowest BCUT2D eigenvalue weighted by atomic mass is 9.96. The van der Waals surface area contributed by atoms with Crippen LogP contribution in [0.5, 0.6) is 0 Å². The van der Waals surface area contributed by atoms with Crippen LogP contribution in [-0.2, 0) is 0 Å². The van der Waals surface area contributed by atoms with Crippen molar-refractivity contribution < 1.29 is 0 Å². The fourth-order valence-corrected chi connectivity index (χ4v) is 3.88. The molecule has 0 amide bonds. The maximum Gasteiger partial charge on any atom is 0.0465 e. The summed E-state index contributed by atoms with van der Waals surface area (Å²) in [4.78, 5) is 3.53. The minimum Gasteiger partial charge on any atom is -0.355 e. The first-order valence-corrected chi connectivity index (χ1v) is 9.75. The molecule has 5 rings (SSSR count). The molecule has 1 N–H and O–H groups in total. The second kappa shape index (κ2) is 6.96. The summed E-state index contributed by atoms with van der Waals surface area (Å²) in [6.45, 7) is 8.66. The second-order valence-electron chi connectivity index (χ2n) is 7.33. The van der Waals surface area contributed by atoms with Gasteiger partial charge in [-0.2, -0.15) is 0 Å². The van der Waals surface area contributed by atoms with Crippen molar-refractivity contribution in [2.45, 2.75) is 0 Å². The summed E-state index contributed by atoms with van der Waals surface area (Å²) in [5, 5.41) is 2.41. The van der Waals surface area contributed by atoms with Crippen LogP contribution in [0.15, 0.2) is 110 Å². The number of aromatic nitrogens is 1. The molecule has 0 fully saturated rings. The van der Waals surface area contributed by atoms with Crippen LogP contribution < -0.4 is 0 Å². The molecule has 5 aromatic rings. The normalized spacial score (nSPS) is 11.0. The van der Waals surface area contributed by atoms with Gasteiger partial charge in [0, 0.05) is 21.8 Å². The van der Waals surface area contributed by atoms with Crippen molar-refractivity contribution in [1.82, 2.24) is 4.98 Å². The van der Waals surface area contributed by atoms with Gasteiger partial charge >= 0.3 is 0 Å². The van der Waals surface area contributed by atoms with E-state index in [-0.39, 0.29) is 0 Å². The molecule has 0 radical (unpaired) electrons. The molecular formula is C28H21N. The van der Waals surface area contributed by atoms with Gasteiger partial charge in [0.2, 0.25) is 0 Å². The fourth-order valence-electron chi connectivity index (χ4n) is 3.88. The van der Waals surface area contributed by atoms with E-state index >= 15 is 0 Å². The van der Waals surface area contributed by atoms with Crippen LogP contribution in [0.25, 0.3) is 33.0 Å². The molecule has 0 aliphatic heterocycles. The number of nitrogens with one attached hydrogen (secondary N) is 1. The van der Waals surface area contributed by atoms with E-state index in [0.29, 0.717) is 0 Å². The van der Waals surface area contributed by atoms with Gasteiger partial charge in [-0.1, -0.05) is 86.0 Å². The number of fused-ring (bicyclic) bond motifs is 3. The van der Waals surface area contributed by atoms with Crippen LogP contribution in [0, 0.1) is 0 Å². The van der Waals surface area contributed by atoms with Crippen molar-refractivity contribution in [3.05, 3.63) is 132 Å². The Bertz CT molecular complexity index is 1250. The Kier molecular flexibility index (Phi) is 4.14. The molecule has 0 aliphatic rings. The zero-order chi connectivity index (χ0) is 19.8. The Balaban J connectivity index is 1.62. The molecule has 1 heteroatoms. The average Bonchev–Trinajstić information content (AvgIpc) is 3.16. The van der Waals surface area contributed by atoms with E-state index < -0.39 is 0 Å². The highest BCUT2D eigenvalue weighted by Gasteiger charge is 2.10. The van der Waals surface area contributed by atoms with Gasteiger partial charge < -0.3 is 4.98 Å². The molecule has 1 nitrogen and oxygen atoms in total. The largest absolute Gasteiger partial charge is 0.355 e. The van der Waals surface area contributed by atoms with Crippen LogP contribution in [-0.4, -0.2) is 4.98 Å². The van der Waals surface area contributed by atoms with Crippen LogP contribution in [0.3, 0.4) is 0 Å². The quantitative estimate of drug-likeness (QED) is 0.338. The molecule has 0 aliphatic carbocycles. The van der Waals surface area contributed by atoms with Gasteiger partial charge in [0.1, 0.15) is 0 Å². The topological polar surface area (TPSA) is 15.8 Å². The highest BCUT2D eigenvalue weighted by atomic mass is 14.7. The van der Waals surface area contributed by atoms with Gasteiger partial charge in [0.05, 0.1) is 0 Å². The van der Waals surface area contributed by atoms with Crippen LogP contribution >= 0.6 is 0 Å². The summed E-state index contributed by atoms with van der Waals surface area (Å²) in [6.07, 6.45) is 0. The van der Waals surface area contributed by atoms with Gasteiger partial charge in [-0.25, -0.2) is 0 Å². The van der Waals surface area contributed by atoms with Crippen molar-refractivity contribution in [1.29, 1.82) is 0 Å². The molecule has 29 heavy (non-hydrogen) atoms. The van der Waals surface area contributed by atoms with Crippen molar-refractivity contribution in [3.8, 4) is 0 Å². The molecule has 0 bridgehead atoms. The number of hydrogen-bond donors (Lipinski definition) is 1. The van der Waals surface area contributed by atoms with E-state index in [1.54, 1.807) is 0 Å². The van der Waals surface area contributed by atoms with E-state index in [4.69, 9.17) is 0 Å². The maximum absolute atomic E-state index is 4.33. The number of aromatic amines is 1. The van der Waals surface area contributed by atoms with Gasteiger partial charge in [0.25, 0.3) is 0 Å². The van der Waals surface area contributed by atoms with Crippen molar-refractivity contribution in [3.63, 3.8) is 0 Å². The van der Waals surface area contributed by atoms with E-state index in [0.717, 1.165) is 44.4 Å². The summed E-state index contributed by atoms with van der Waals surface area (Å²) in [5.41, 5.74) is 8.89. The summed E-state index contributed by atoms with van der Waals surface area (Å²) in [7, 11) is 0. The Hall–Kier alpha value is -3.84. The van der Waals surface area contributed by atoms with Crippen molar-refractivity contribution in [2.24, 2.45) is 0 Å². The number of hydrogen-bond acceptors (Lipinski definition) is 0. The molecule has 0 unspecified atom stereocenters. The standard InChI is InChI=1S/C28H21N/c1-19(21-9-5-3-6-10-21)23-13-15-27-25(17-23)26-18-24(14-16-28(26)29-27)20(2)22-11-7-4-8-12-22/h3-18,29H,1-2H2. The lowest BCUT2D eigenvalue weighted by Crippen LogP contribution is -1.86. The second-order valence-corrected chi connectivity index (χ2v) is 7.33. The van der Waals surface area contributed by atoms with Crippen LogP contribution in [0.1, 0.15) is 22.3 Å². The van der Waals surface area contributed by atoms with E-state index in [1.807, 2.05) is 36.4 Å². The molecule has 4 aromatic carbocycles. The predicted molar refractivity (Wildman–Crippen MR) is 125 cm³/mol. The van der Waals surface area contributed by atoms with E-state index in [9.17, 15) is 0 Å². The number of benzene rings is 4. The molecular weight excluding hydrogens is 350 g/mol. The monoisotopic (exact) mass is 371 g/mol. The molecule has 0 saturated carbocycles. The third-order valence-corrected chi connectivity index (χ3v) is 5.54. The Morgan fingerprint density at radius 2 is 0.897 bits per heavy atom. The van der Waals surface area contributed by atoms with Crippen LogP contribution in [0.4, 0.5) is 0 Å². The lowest BCUT2D eigenvalue weighted by Gasteiger charge is -2.08. The smallest absolute Gasteiger partial charge is 0.0465 e. The molecule has 0 spiro atoms. The lowest BCUT2D eigenvalue weighted by molar-refractivity contribution is 1.52. The van der Waals surface area contributed by atoms with Crippen LogP contribution in [0.2, 0.25) is 0 Å². The van der Waals surface area contributed by atoms with Gasteiger partial charge in [0.15, 0.2) is 0 Å². The van der Waals surface area contributed by atoms with Gasteiger partial charge in [-0.3, -0.25) is 0 Å². The third-order valence-electron chi connectivity index (χ3n) is 5.54. The first kappa shape index (κ1) is 17.3. The Labute approximate surface area is 170 Å². The van der Waals surface area contributed by atoms with Gasteiger partial charge in [-0.05, 0) is 57.7 Å². The van der Waals surface area contributed by atoms with Crippen molar-refractivity contribution >= 4 is 33.0 Å². The minimum absolute atomic E-state index is 1.03. The summed E-state index contributed by atoms with van der Waals surface area (Å²) < 4.78 is 0. The molecule has 0 saturated heterocycles. The zero-order valence-corrected chi connectivity index (χ0v) is 16.2. The fraction of sp³-hybridized carbons (Fsp3) is 0. The molecule has 0 atom stereocenters.